The van der Waals surface area contributed by atoms with Crippen LogP contribution in [0.5, 0.6) is 0 Å². The van der Waals surface area contributed by atoms with Crippen molar-refractivity contribution in [3.05, 3.63) is 20.9 Å². The summed E-state index contributed by atoms with van der Waals surface area (Å²) >= 11 is 0. The first kappa shape index (κ1) is 66.6. The van der Waals surface area contributed by atoms with Crippen LogP contribution in [-0.2, 0) is 52.3 Å². The third kappa shape index (κ3) is 36.5. The highest BCUT2D eigenvalue weighted by Gasteiger charge is 2.33. The number of Topliss-reactive ketones (excluding diaryl/α,β-unsaturated/α-hetero) is 2. The zero-order valence-electron chi connectivity index (χ0n) is 45.9. The Labute approximate surface area is 420 Å². The molecule has 3 N–H and O–H groups in total. The summed E-state index contributed by atoms with van der Waals surface area (Å²) in [5, 5.41) is 16.5. The van der Waals surface area contributed by atoms with Gasteiger partial charge in [0, 0.05) is 84.5 Å². The Bertz CT molecular complexity index is 1630. The summed E-state index contributed by atoms with van der Waals surface area (Å²) in [5.41, 5.74) is 15.0. The van der Waals surface area contributed by atoms with Gasteiger partial charge in [-0.05, 0) is 40.7 Å². The van der Waals surface area contributed by atoms with Crippen LogP contribution in [0, 0.1) is 37.9 Å². The number of carbonyl (C=O) groups excluding carboxylic acids is 4. The van der Waals surface area contributed by atoms with Crippen LogP contribution in [0.25, 0.3) is 20.9 Å². The molecule has 1 unspecified atom stereocenters. The molecular weight excluding hydrogens is 903 g/mol. The minimum Gasteiger partial charge on any atom is -0.380 e. The third-order valence-corrected chi connectivity index (χ3v) is 11.2. The van der Waals surface area contributed by atoms with Crippen LogP contribution in [0.4, 0.5) is 0 Å². The molecule has 0 aromatic rings. The van der Waals surface area contributed by atoms with E-state index >= 15 is 0 Å². The summed E-state index contributed by atoms with van der Waals surface area (Å²) in [6.07, 6.45) is 1.55. The fourth-order valence-electron chi connectivity index (χ4n) is 6.22. The van der Waals surface area contributed by atoms with Gasteiger partial charge in [-0.25, -0.2) is 0 Å². The molecule has 0 aliphatic rings. The van der Waals surface area contributed by atoms with E-state index in [1.54, 1.807) is 0 Å². The number of hydrogen-bond donors (Lipinski definition) is 3. The van der Waals surface area contributed by atoms with Gasteiger partial charge >= 0.3 is 0 Å². The molecule has 0 aromatic heterocycles. The molecule has 0 aliphatic heterocycles. The number of hydrogen-bond acceptors (Lipinski definition) is 14. The molecule has 406 valence electrons. The minimum absolute atomic E-state index is 0.0241. The average Bonchev–Trinajstić information content (AvgIpc) is 3.26. The number of ether oxygens (including phenoxy) is 7. The highest BCUT2D eigenvalue weighted by atomic mass is 16.5. The van der Waals surface area contributed by atoms with Crippen molar-refractivity contribution in [3.8, 4) is 0 Å². The Kier molecular flexibility index (Phi) is 32.4. The van der Waals surface area contributed by atoms with Crippen LogP contribution in [-0.4, -0.2) is 155 Å². The zero-order chi connectivity index (χ0) is 53.4. The van der Waals surface area contributed by atoms with Crippen molar-refractivity contribution in [2.75, 3.05) is 132 Å². The van der Waals surface area contributed by atoms with Crippen LogP contribution in [0.3, 0.4) is 0 Å². The summed E-state index contributed by atoms with van der Waals surface area (Å²) in [5.74, 6) is -0.429. The topological polar surface area (TPSA) is 266 Å². The smallest absolute Gasteiger partial charge is 0.222 e. The number of nitrogens with zero attached hydrogens (tertiary/aromatic N) is 6. The molecule has 0 fully saturated rings. The van der Waals surface area contributed by atoms with Crippen molar-refractivity contribution in [2.24, 2.45) is 48.1 Å². The van der Waals surface area contributed by atoms with Crippen LogP contribution in [0.1, 0.15) is 129 Å². The summed E-state index contributed by atoms with van der Waals surface area (Å²) in [7, 11) is 0. The molecule has 0 radical (unpaired) electrons. The summed E-state index contributed by atoms with van der Waals surface area (Å²) in [4.78, 5) is 56.3. The molecule has 0 spiro atoms. The van der Waals surface area contributed by atoms with Gasteiger partial charge in [-0.3, -0.25) is 19.2 Å². The maximum atomic E-state index is 13.0. The van der Waals surface area contributed by atoms with E-state index in [4.69, 9.17) is 44.2 Å². The molecule has 0 saturated carbocycles. The molecule has 0 bridgehead atoms. The molecule has 20 nitrogen and oxygen atoms in total. The number of ketones is 2. The van der Waals surface area contributed by atoms with Crippen molar-refractivity contribution < 1.29 is 52.3 Å². The standard InChI is InChI=1S/C50H95N9O11/c1-15-44(3,4)30-68-32-46(7,8)26-54-42(62)18-22-66-38-50(36-64-20-16-40(2)60,39-67-23-19-43(63)55-27-47(9,10)33-70-35-49(13,14)29-57-59-52)37-65-21-17-41(61)24-53-25-45(5,6)31-69-34-48(11,12)28-56-58-51/h53H,15-39H2,1-14H3,(H,54,62)(H,55,63). The van der Waals surface area contributed by atoms with Gasteiger partial charge in [0.25, 0.3) is 0 Å². The summed E-state index contributed by atoms with van der Waals surface area (Å²) < 4.78 is 42.3. The van der Waals surface area contributed by atoms with Gasteiger partial charge in [-0.2, -0.15) is 0 Å². The Morgan fingerprint density at radius 2 is 0.800 bits per heavy atom. The van der Waals surface area contributed by atoms with Gasteiger partial charge in [0.15, 0.2) is 0 Å². The van der Waals surface area contributed by atoms with E-state index in [0.717, 1.165) is 6.42 Å². The number of rotatable bonds is 45. The van der Waals surface area contributed by atoms with Gasteiger partial charge in [0.1, 0.15) is 11.6 Å². The molecule has 0 aromatic carbocycles. The summed E-state index contributed by atoms with van der Waals surface area (Å²) in [6, 6.07) is 0. The van der Waals surface area contributed by atoms with Crippen LogP contribution < -0.4 is 16.0 Å². The Morgan fingerprint density at radius 1 is 0.457 bits per heavy atom. The Balaban J connectivity index is 5.64. The van der Waals surface area contributed by atoms with Crippen molar-refractivity contribution >= 4 is 23.4 Å². The predicted molar refractivity (Wildman–Crippen MR) is 272 cm³/mol. The number of nitrogens with one attached hydrogen (secondary N) is 3. The van der Waals surface area contributed by atoms with E-state index in [9.17, 15) is 19.2 Å². The predicted octanol–water partition coefficient (Wildman–Crippen LogP) is 7.82. The van der Waals surface area contributed by atoms with Crippen molar-refractivity contribution in [2.45, 2.75) is 129 Å². The summed E-state index contributed by atoms with van der Waals surface area (Å²) in [6.45, 7) is 33.7. The monoisotopic (exact) mass is 998 g/mol. The second-order valence-corrected chi connectivity index (χ2v) is 23.7. The lowest BCUT2D eigenvalue weighted by Gasteiger charge is -2.33. The highest BCUT2D eigenvalue weighted by molar-refractivity contribution is 5.80. The minimum atomic E-state index is -0.915. The second-order valence-electron chi connectivity index (χ2n) is 23.7. The van der Waals surface area contributed by atoms with E-state index in [2.05, 4.69) is 56.8 Å². The first-order chi connectivity index (χ1) is 32.5. The lowest BCUT2D eigenvalue weighted by molar-refractivity contribution is -0.128. The van der Waals surface area contributed by atoms with Crippen LogP contribution >= 0.6 is 0 Å². The SMILES string of the molecule is CCC(C)(C)COCC(C)(C)CNC(=O)CCOCC(COCCC(C)=O)(COCCC(=O)CNCC(C)(C)COCC(C)(C)CN=[N+]=[N-])COCCC(=O)NCC(C)(C)COCC(C)(C)CN=[N+]=[N-]. The van der Waals surface area contributed by atoms with Gasteiger partial charge in [0.05, 0.1) is 104 Å². The average molecular weight is 998 g/mol. The molecule has 1 atom stereocenters. The maximum Gasteiger partial charge on any atom is 0.222 e. The van der Waals surface area contributed by atoms with E-state index < -0.39 is 5.41 Å². The Morgan fingerprint density at radius 3 is 1.17 bits per heavy atom. The fraction of sp³-hybridized carbons (Fsp3) is 0.920. The normalized spacial score (nSPS) is 13.5. The first-order valence-corrected chi connectivity index (χ1v) is 24.8. The highest BCUT2D eigenvalue weighted by Crippen LogP contribution is 2.25. The first-order valence-electron chi connectivity index (χ1n) is 24.8. The zero-order valence-corrected chi connectivity index (χ0v) is 45.9. The van der Waals surface area contributed by atoms with E-state index in [1.165, 1.54) is 6.92 Å². The molecule has 20 heteroatoms. The third-order valence-electron chi connectivity index (χ3n) is 11.2. The fourth-order valence-corrected chi connectivity index (χ4v) is 6.22. The van der Waals surface area contributed by atoms with Crippen molar-refractivity contribution in [1.29, 1.82) is 0 Å². The van der Waals surface area contributed by atoms with Gasteiger partial charge in [-0.1, -0.05) is 100 Å². The van der Waals surface area contributed by atoms with E-state index in [1.807, 2.05) is 69.2 Å². The molecule has 0 aliphatic carbocycles. The second kappa shape index (κ2) is 34.1. The largest absolute Gasteiger partial charge is 0.380 e. The van der Waals surface area contributed by atoms with Gasteiger partial charge in [-0.15, -0.1) is 0 Å². The maximum absolute atomic E-state index is 13.0. The lowest BCUT2D eigenvalue weighted by atomic mass is 9.91. The quantitative estimate of drug-likeness (QED) is 0.0228. The molecule has 0 heterocycles. The lowest BCUT2D eigenvalue weighted by Crippen LogP contribution is -2.43. The van der Waals surface area contributed by atoms with Crippen LogP contribution in [0.2, 0.25) is 0 Å². The number of carbonyl (C=O) groups is 4. The van der Waals surface area contributed by atoms with Gasteiger partial charge in [0.2, 0.25) is 11.8 Å². The van der Waals surface area contributed by atoms with E-state index in [0.29, 0.717) is 72.4 Å². The van der Waals surface area contributed by atoms with Gasteiger partial charge < -0.3 is 49.1 Å². The number of azide groups is 2. The molecule has 0 saturated heterocycles. The van der Waals surface area contributed by atoms with Crippen molar-refractivity contribution in [3.63, 3.8) is 0 Å². The van der Waals surface area contributed by atoms with Crippen molar-refractivity contribution in [1.82, 2.24) is 16.0 Å². The number of amides is 2. The van der Waals surface area contributed by atoms with E-state index in [-0.39, 0.29) is 141 Å². The Hall–Kier alpha value is -3.42. The molecule has 2 amide bonds. The molecule has 70 heavy (non-hydrogen) atoms. The molecular formula is C50H95N9O11. The van der Waals surface area contributed by atoms with Crippen LogP contribution in [0.15, 0.2) is 10.2 Å². The molecule has 0 rings (SSSR count).